The smallest absolute Gasteiger partial charge is 0.418 e. The van der Waals surface area contributed by atoms with E-state index in [9.17, 15) is 18.0 Å². The SMILES string of the molecule is CCOC(=O)n1c2c(c3cc(F)ccc31)CC(C)N(CC(F)(F)CO)C2. The van der Waals surface area contributed by atoms with Gasteiger partial charge in [0, 0.05) is 23.7 Å². The zero-order chi connectivity index (χ0) is 19.1. The second-order valence-electron chi connectivity index (χ2n) is 6.59. The zero-order valence-corrected chi connectivity index (χ0v) is 14.6. The number of ether oxygens (including phenoxy) is 1. The molecule has 1 unspecified atom stereocenters. The lowest BCUT2D eigenvalue weighted by atomic mass is 9.97. The van der Waals surface area contributed by atoms with E-state index in [0.29, 0.717) is 23.0 Å². The summed E-state index contributed by atoms with van der Waals surface area (Å²) < 4.78 is 47.5. The fraction of sp³-hybridized carbons (Fsp3) is 0.500. The quantitative estimate of drug-likeness (QED) is 0.898. The van der Waals surface area contributed by atoms with Crippen molar-refractivity contribution in [2.75, 3.05) is 19.8 Å². The third-order valence-corrected chi connectivity index (χ3v) is 4.73. The highest BCUT2D eigenvalue weighted by Crippen LogP contribution is 2.34. The van der Waals surface area contributed by atoms with Crippen LogP contribution in [0.3, 0.4) is 0 Å². The van der Waals surface area contributed by atoms with E-state index in [4.69, 9.17) is 9.84 Å². The third kappa shape index (κ3) is 3.31. The third-order valence-electron chi connectivity index (χ3n) is 4.73. The summed E-state index contributed by atoms with van der Waals surface area (Å²) in [4.78, 5) is 14.0. The molecule has 0 bridgehead atoms. The minimum Gasteiger partial charge on any atom is -0.449 e. The number of aliphatic hydroxyl groups excluding tert-OH is 1. The molecule has 0 amide bonds. The number of alkyl halides is 2. The van der Waals surface area contributed by atoms with Crippen molar-refractivity contribution < 1.29 is 27.8 Å². The molecule has 0 fully saturated rings. The van der Waals surface area contributed by atoms with E-state index >= 15 is 0 Å². The van der Waals surface area contributed by atoms with Gasteiger partial charge in [-0.2, -0.15) is 0 Å². The normalized spacial score (nSPS) is 18.2. The van der Waals surface area contributed by atoms with Crippen LogP contribution in [0.4, 0.5) is 18.0 Å². The van der Waals surface area contributed by atoms with Crippen LogP contribution in [0, 0.1) is 5.82 Å². The highest BCUT2D eigenvalue weighted by molar-refractivity contribution is 5.94. The molecule has 2 aromatic rings. The van der Waals surface area contributed by atoms with Gasteiger partial charge in [-0.25, -0.2) is 22.5 Å². The van der Waals surface area contributed by atoms with E-state index in [1.165, 1.54) is 27.7 Å². The number of rotatable bonds is 4. The van der Waals surface area contributed by atoms with E-state index in [-0.39, 0.29) is 19.2 Å². The first-order valence-corrected chi connectivity index (χ1v) is 8.49. The van der Waals surface area contributed by atoms with Gasteiger partial charge in [0.05, 0.1) is 18.7 Å². The lowest BCUT2D eigenvalue weighted by Gasteiger charge is -2.35. The number of hydrogen-bond donors (Lipinski definition) is 1. The summed E-state index contributed by atoms with van der Waals surface area (Å²) in [6.07, 6.45) is -0.225. The highest BCUT2D eigenvalue weighted by atomic mass is 19.3. The van der Waals surface area contributed by atoms with Crippen LogP contribution in [0.25, 0.3) is 10.9 Å². The molecule has 3 rings (SSSR count). The Kier molecular flexibility index (Phi) is 4.98. The van der Waals surface area contributed by atoms with E-state index in [2.05, 4.69) is 0 Å². The highest BCUT2D eigenvalue weighted by Gasteiger charge is 2.37. The van der Waals surface area contributed by atoms with Gasteiger partial charge >= 0.3 is 6.09 Å². The van der Waals surface area contributed by atoms with Gasteiger partial charge in [-0.05, 0) is 44.0 Å². The summed E-state index contributed by atoms with van der Waals surface area (Å²) in [5.74, 6) is -3.67. The van der Waals surface area contributed by atoms with Crippen LogP contribution < -0.4 is 0 Å². The first kappa shape index (κ1) is 18.7. The second kappa shape index (κ2) is 6.92. The Hall–Kier alpha value is -2.06. The minimum atomic E-state index is -3.24. The van der Waals surface area contributed by atoms with Gasteiger partial charge in [-0.1, -0.05) is 0 Å². The molecule has 5 nitrogen and oxygen atoms in total. The number of nitrogens with zero attached hydrogens (tertiary/aromatic N) is 2. The number of aliphatic hydroxyl groups is 1. The molecule has 0 spiro atoms. The molecule has 26 heavy (non-hydrogen) atoms. The van der Waals surface area contributed by atoms with E-state index in [0.717, 1.165) is 5.56 Å². The number of halogens is 3. The lowest BCUT2D eigenvalue weighted by Crippen LogP contribution is -2.46. The Balaban J connectivity index is 2.10. The molecule has 1 aromatic heterocycles. The molecular formula is C18H21F3N2O3. The molecule has 142 valence electrons. The Bertz CT molecular complexity index is 835. The molecule has 1 N–H and O–H groups in total. The van der Waals surface area contributed by atoms with Crippen molar-refractivity contribution in [1.29, 1.82) is 0 Å². The molecule has 0 aliphatic carbocycles. The summed E-state index contributed by atoms with van der Waals surface area (Å²) >= 11 is 0. The largest absolute Gasteiger partial charge is 0.449 e. The zero-order valence-electron chi connectivity index (χ0n) is 14.6. The summed E-state index contributed by atoms with van der Waals surface area (Å²) in [5, 5.41) is 9.46. The van der Waals surface area contributed by atoms with Gasteiger partial charge in [0.25, 0.3) is 5.92 Å². The fourth-order valence-corrected chi connectivity index (χ4v) is 3.50. The monoisotopic (exact) mass is 370 g/mol. The lowest BCUT2D eigenvalue weighted by molar-refractivity contribution is -0.0821. The molecule has 0 radical (unpaired) electrons. The van der Waals surface area contributed by atoms with Gasteiger partial charge in [-0.15, -0.1) is 0 Å². The number of fused-ring (bicyclic) bond motifs is 3. The van der Waals surface area contributed by atoms with E-state index in [1.807, 2.05) is 0 Å². The fourth-order valence-electron chi connectivity index (χ4n) is 3.50. The van der Waals surface area contributed by atoms with Crippen molar-refractivity contribution in [3.8, 4) is 0 Å². The van der Waals surface area contributed by atoms with Crippen molar-refractivity contribution >= 4 is 17.0 Å². The first-order valence-electron chi connectivity index (χ1n) is 8.49. The van der Waals surface area contributed by atoms with Crippen molar-refractivity contribution in [2.24, 2.45) is 0 Å². The number of hydrogen-bond acceptors (Lipinski definition) is 4. The Morgan fingerprint density at radius 2 is 2.15 bits per heavy atom. The molecule has 1 aliphatic rings. The van der Waals surface area contributed by atoms with Crippen LogP contribution in [0.5, 0.6) is 0 Å². The molecule has 2 heterocycles. The van der Waals surface area contributed by atoms with E-state index < -0.39 is 31.0 Å². The van der Waals surface area contributed by atoms with Crippen molar-refractivity contribution in [1.82, 2.24) is 9.47 Å². The standard InChI is InChI=1S/C18H21F3N2O3/c1-3-26-17(25)23-15-5-4-12(19)7-14(15)13-6-11(2)22(8-16(13)23)9-18(20,21)10-24/h4-5,7,11,24H,3,6,8-10H2,1-2H3. The average molecular weight is 370 g/mol. The molecular weight excluding hydrogens is 349 g/mol. The maximum atomic E-state index is 13.7. The topological polar surface area (TPSA) is 54.7 Å². The van der Waals surface area contributed by atoms with Gasteiger partial charge in [0.15, 0.2) is 0 Å². The molecule has 1 atom stereocenters. The predicted molar refractivity (Wildman–Crippen MR) is 89.9 cm³/mol. The van der Waals surface area contributed by atoms with Gasteiger partial charge in [0.1, 0.15) is 12.4 Å². The van der Waals surface area contributed by atoms with Crippen LogP contribution in [-0.2, 0) is 17.7 Å². The summed E-state index contributed by atoms with van der Waals surface area (Å²) in [7, 11) is 0. The summed E-state index contributed by atoms with van der Waals surface area (Å²) in [6.45, 7) is 1.85. The molecule has 1 aromatic carbocycles. The molecule has 1 aliphatic heterocycles. The summed E-state index contributed by atoms with van der Waals surface area (Å²) in [5.41, 5.74) is 1.79. The Morgan fingerprint density at radius 3 is 2.81 bits per heavy atom. The molecule has 8 heteroatoms. The number of aromatic nitrogens is 1. The molecule has 0 saturated heterocycles. The van der Waals surface area contributed by atoms with Gasteiger partial charge in [-0.3, -0.25) is 4.90 Å². The predicted octanol–water partition coefficient (Wildman–Crippen LogP) is 3.16. The minimum absolute atomic E-state index is 0.0845. The van der Waals surface area contributed by atoms with Crippen molar-refractivity contribution in [3.05, 3.63) is 35.3 Å². The van der Waals surface area contributed by atoms with Crippen LogP contribution in [0.15, 0.2) is 18.2 Å². The average Bonchev–Trinajstić information content (AvgIpc) is 2.88. The van der Waals surface area contributed by atoms with Crippen molar-refractivity contribution in [3.63, 3.8) is 0 Å². The first-order chi connectivity index (χ1) is 12.3. The molecule has 0 saturated carbocycles. The van der Waals surface area contributed by atoms with Crippen LogP contribution in [-0.4, -0.2) is 52.4 Å². The summed E-state index contributed by atoms with van der Waals surface area (Å²) in [6, 6.07) is 3.86. The number of carbonyl (C=O) groups excluding carboxylic acids is 1. The second-order valence-corrected chi connectivity index (χ2v) is 6.59. The maximum absolute atomic E-state index is 13.7. The number of benzene rings is 1. The van der Waals surface area contributed by atoms with Crippen LogP contribution in [0.2, 0.25) is 0 Å². The van der Waals surface area contributed by atoms with Gasteiger partial charge < -0.3 is 9.84 Å². The van der Waals surface area contributed by atoms with E-state index in [1.54, 1.807) is 13.8 Å². The van der Waals surface area contributed by atoms with Gasteiger partial charge in [0.2, 0.25) is 0 Å². The van der Waals surface area contributed by atoms with Crippen LogP contribution in [0.1, 0.15) is 25.1 Å². The number of carbonyl (C=O) groups is 1. The Morgan fingerprint density at radius 1 is 1.42 bits per heavy atom. The van der Waals surface area contributed by atoms with Crippen LogP contribution >= 0.6 is 0 Å². The van der Waals surface area contributed by atoms with Crippen molar-refractivity contribution in [2.45, 2.75) is 38.8 Å². The maximum Gasteiger partial charge on any atom is 0.418 e. The Labute approximate surface area is 149 Å².